The number of benzene rings is 4. The number of anilines is 6. The Labute approximate surface area is 310 Å². The van der Waals surface area contributed by atoms with E-state index in [0.717, 1.165) is 45.8 Å². The number of hydrogen-bond acceptors (Lipinski definition) is 5. The lowest BCUT2D eigenvalue weighted by Gasteiger charge is -2.26. The molecule has 1 aliphatic heterocycles. The highest BCUT2D eigenvalue weighted by molar-refractivity contribution is 5.77. The summed E-state index contributed by atoms with van der Waals surface area (Å²) >= 11 is 0. The van der Waals surface area contributed by atoms with E-state index >= 15 is 0 Å². The molecule has 0 radical (unpaired) electrons. The molecule has 0 bridgehead atoms. The monoisotopic (exact) mass is 688 g/mol. The van der Waals surface area contributed by atoms with Gasteiger partial charge in [0, 0.05) is 53.8 Å². The van der Waals surface area contributed by atoms with Crippen LogP contribution in [0, 0.1) is 22.7 Å². The minimum absolute atomic E-state index is 0.00938. The van der Waals surface area contributed by atoms with E-state index in [1.165, 1.54) is 0 Å². The van der Waals surface area contributed by atoms with Crippen molar-refractivity contribution in [2.45, 2.75) is 0 Å². The van der Waals surface area contributed by atoms with Gasteiger partial charge in [-0.15, -0.1) is 0 Å². The smallest absolute Gasteiger partial charge is 0.137 e. The molecule has 0 spiro atoms. The molecule has 0 fully saturated rings. The molecule has 0 unspecified atom stereocenters. The zero-order valence-corrected chi connectivity index (χ0v) is 29.4. The Bertz CT molecular complexity index is 2200. The van der Waals surface area contributed by atoms with Gasteiger partial charge >= 0.3 is 0 Å². The summed E-state index contributed by atoms with van der Waals surface area (Å²) in [5.74, 6) is 2.98. The van der Waals surface area contributed by atoms with E-state index in [4.69, 9.17) is 4.74 Å². The first-order valence-electron chi connectivity index (χ1n) is 17.2. The van der Waals surface area contributed by atoms with Gasteiger partial charge in [-0.05, 0) is 109 Å². The van der Waals surface area contributed by atoms with Gasteiger partial charge in [0.1, 0.15) is 40.9 Å². The van der Waals surface area contributed by atoms with E-state index in [2.05, 4.69) is 91.7 Å². The van der Waals surface area contributed by atoms with E-state index in [9.17, 15) is 10.5 Å². The second-order valence-corrected chi connectivity index (χ2v) is 12.3. The third-order valence-electron chi connectivity index (χ3n) is 8.96. The summed E-state index contributed by atoms with van der Waals surface area (Å²) in [4.78, 5) is 4.42. The fourth-order valence-corrected chi connectivity index (χ4v) is 6.29. The molecule has 7 nitrogen and oxygen atoms in total. The first-order valence-corrected chi connectivity index (χ1v) is 17.2. The fourth-order valence-electron chi connectivity index (χ4n) is 6.29. The summed E-state index contributed by atoms with van der Waals surface area (Å²) in [6.45, 7) is 0. The zero-order chi connectivity index (χ0) is 36.6. The Morgan fingerprint density at radius 2 is 0.830 bits per heavy atom. The Morgan fingerprint density at radius 3 is 1.15 bits per heavy atom. The van der Waals surface area contributed by atoms with E-state index < -0.39 is 0 Å². The summed E-state index contributed by atoms with van der Waals surface area (Å²) in [5.41, 5.74) is 6.56. The van der Waals surface area contributed by atoms with Gasteiger partial charge in [0.2, 0.25) is 0 Å². The van der Waals surface area contributed by atoms with Crippen LogP contribution < -0.4 is 9.80 Å². The molecule has 1 aliphatic rings. The van der Waals surface area contributed by atoms with Gasteiger partial charge in [-0.2, -0.15) is 10.5 Å². The number of nitriles is 2. The first-order chi connectivity index (χ1) is 26.0. The van der Waals surface area contributed by atoms with Crippen molar-refractivity contribution in [2.24, 2.45) is 14.1 Å². The number of nitrogens with zero attached hydrogens (tertiary/aromatic N) is 6. The highest BCUT2D eigenvalue weighted by atomic mass is 16.5. The van der Waals surface area contributed by atoms with E-state index in [-0.39, 0.29) is 5.57 Å². The van der Waals surface area contributed by atoms with Crippen molar-refractivity contribution in [1.29, 1.82) is 10.5 Å². The van der Waals surface area contributed by atoms with Crippen LogP contribution >= 0.6 is 0 Å². The molecule has 0 atom stereocenters. The predicted octanol–water partition coefficient (Wildman–Crippen LogP) is 11.2. The maximum Gasteiger partial charge on any atom is 0.137 e. The van der Waals surface area contributed by atoms with Crippen LogP contribution in [0.1, 0.15) is 11.4 Å². The highest BCUT2D eigenvalue weighted by Crippen LogP contribution is 2.37. The maximum absolute atomic E-state index is 9.74. The van der Waals surface area contributed by atoms with Gasteiger partial charge in [0.25, 0.3) is 0 Å². The molecule has 7 rings (SSSR count). The van der Waals surface area contributed by atoms with Crippen molar-refractivity contribution in [3.05, 3.63) is 204 Å². The second kappa shape index (κ2) is 15.6. The zero-order valence-electron chi connectivity index (χ0n) is 29.4. The van der Waals surface area contributed by atoms with Crippen LogP contribution in [0.4, 0.5) is 34.4 Å². The molecule has 0 saturated heterocycles. The average Bonchev–Trinajstić information content (AvgIpc) is 3.76. The molecule has 2 aromatic heterocycles. The number of rotatable bonds is 10. The van der Waals surface area contributed by atoms with Crippen LogP contribution in [-0.4, -0.2) is 9.13 Å². The number of hydrogen-bond donors (Lipinski definition) is 0. The standard InChI is InChI=1S/C46H36N6O/c1-49-37(25-29-45(49)51(39-15-7-3-8-16-39)40-17-9-4-10-18-40)23-27-43-31-35(36(33-47)34-48)32-44(53-43)28-24-38-26-30-46(50(38)2)52(41-19-11-5-12-20-41)42-21-13-6-14-22-42/h3-32H,1-2H3/b27-23+,28-24+. The Hall–Kier alpha value is -7.48. The third-order valence-corrected chi connectivity index (χ3v) is 8.96. The molecule has 0 saturated carbocycles. The van der Waals surface area contributed by atoms with Gasteiger partial charge in [-0.1, -0.05) is 72.8 Å². The van der Waals surface area contributed by atoms with Crippen LogP contribution in [0.25, 0.3) is 12.2 Å². The van der Waals surface area contributed by atoms with Crippen LogP contribution in [-0.2, 0) is 18.8 Å². The number of ether oxygens (including phenoxy) is 1. The molecule has 3 heterocycles. The minimum Gasteiger partial charge on any atom is -0.457 e. The number of para-hydroxylation sites is 4. The van der Waals surface area contributed by atoms with Crippen LogP contribution in [0.2, 0.25) is 0 Å². The largest absolute Gasteiger partial charge is 0.457 e. The van der Waals surface area contributed by atoms with Crippen LogP contribution in [0.15, 0.2) is 193 Å². The molecule has 256 valence electrons. The van der Waals surface area contributed by atoms with Gasteiger partial charge in [0.05, 0.1) is 0 Å². The maximum atomic E-state index is 9.74. The van der Waals surface area contributed by atoms with Gasteiger partial charge in [-0.25, -0.2) is 0 Å². The summed E-state index contributed by atoms with van der Waals surface area (Å²) in [7, 11) is 4.05. The lowest BCUT2D eigenvalue weighted by Crippen LogP contribution is -2.13. The van der Waals surface area contributed by atoms with E-state index in [0.29, 0.717) is 17.1 Å². The molecule has 7 heteroatoms. The lowest BCUT2D eigenvalue weighted by molar-refractivity contribution is 0.332. The Balaban J connectivity index is 1.17. The molecule has 53 heavy (non-hydrogen) atoms. The third kappa shape index (κ3) is 7.37. The molecular formula is C46H36N6O. The summed E-state index contributed by atoms with van der Waals surface area (Å²) in [6, 6.07) is 53.4. The first kappa shape index (κ1) is 34.0. The summed E-state index contributed by atoms with van der Waals surface area (Å²) < 4.78 is 10.6. The topological polar surface area (TPSA) is 73.1 Å². The van der Waals surface area contributed by atoms with Gasteiger partial charge in [0.15, 0.2) is 0 Å². The molecule has 0 aliphatic carbocycles. The van der Waals surface area contributed by atoms with E-state index in [1.807, 2.05) is 123 Å². The quantitative estimate of drug-likeness (QED) is 0.134. The lowest BCUT2D eigenvalue weighted by atomic mass is 10.1. The Morgan fingerprint density at radius 1 is 0.491 bits per heavy atom. The molecule has 0 amide bonds. The van der Waals surface area contributed by atoms with Crippen molar-refractivity contribution in [3.63, 3.8) is 0 Å². The van der Waals surface area contributed by atoms with Crippen molar-refractivity contribution < 1.29 is 4.74 Å². The summed E-state index contributed by atoms with van der Waals surface area (Å²) in [6.07, 6.45) is 11.1. The van der Waals surface area contributed by atoms with Crippen molar-refractivity contribution in [3.8, 4) is 12.1 Å². The van der Waals surface area contributed by atoms with Gasteiger partial charge in [-0.3, -0.25) is 9.80 Å². The average molecular weight is 689 g/mol. The minimum atomic E-state index is 0.00938. The number of aromatic nitrogens is 2. The van der Waals surface area contributed by atoms with Gasteiger partial charge < -0.3 is 13.9 Å². The Kier molecular flexibility index (Phi) is 10.0. The molecular weight excluding hydrogens is 653 g/mol. The normalized spacial score (nSPS) is 12.5. The van der Waals surface area contributed by atoms with E-state index in [1.54, 1.807) is 12.2 Å². The molecule has 6 aromatic rings. The fraction of sp³-hybridized carbons (Fsp3) is 0.0435. The van der Waals surface area contributed by atoms with Crippen LogP contribution in [0.3, 0.4) is 0 Å². The van der Waals surface area contributed by atoms with Crippen molar-refractivity contribution in [1.82, 2.24) is 9.13 Å². The molecule has 4 aromatic carbocycles. The van der Waals surface area contributed by atoms with Crippen molar-refractivity contribution >= 4 is 46.5 Å². The highest BCUT2D eigenvalue weighted by Gasteiger charge is 2.18. The SMILES string of the molecule is Cn1c(/C=C/C2=CC(=C(C#N)C#N)C=C(/C=C/c3ccc(N(c4ccccc4)c4ccccc4)n3C)O2)ccc1N(c1ccccc1)c1ccccc1. The van der Waals surface area contributed by atoms with Crippen molar-refractivity contribution in [2.75, 3.05) is 9.80 Å². The predicted molar refractivity (Wildman–Crippen MR) is 214 cm³/mol. The number of allylic oxidation sites excluding steroid dienone is 6. The molecule has 0 N–H and O–H groups in total. The second-order valence-electron chi connectivity index (χ2n) is 12.3. The summed E-state index contributed by atoms with van der Waals surface area (Å²) in [5, 5.41) is 19.5. The van der Waals surface area contributed by atoms with Crippen LogP contribution in [0.5, 0.6) is 0 Å².